The van der Waals surface area contributed by atoms with E-state index in [1.165, 1.54) is 14.0 Å². The highest BCUT2D eigenvalue weighted by atomic mass is 16.7. The normalized spacial score (nSPS) is 46.3. The number of esters is 1. The number of nitrogens with zero attached hydrogens (tertiary/aromatic N) is 1. The first-order valence-electron chi connectivity index (χ1n) is 20.4. The van der Waals surface area contributed by atoms with Gasteiger partial charge in [0.2, 0.25) is 6.79 Å². The third-order valence-corrected chi connectivity index (χ3v) is 12.3. The lowest BCUT2D eigenvalue weighted by Crippen LogP contribution is -2.61. The highest BCUT2D eigenvalue weighted by molar-refractivity contribution is 5.88. The molecule has 0 aromatic carbocycles. The maximum atomic E-state index is 14.3. The topological polar surface area (TPSA) is 226 Å². The fraction of sp³-hybridized carbons (Fsp3) is 0.950. The Morgan fingerprint density at radius 2 is 1.58 bits per heavy atom. The SMILES string of the molecule is CC[C@H]1OC(=O)[C@H](C)[C@@H](OC2C[C@@](C)(OC)[C@@H](O)[C@H](C)O2)C(C)[C@@H](OC2O[C@H](C)C[C@H](NC)[C@H]2O)[C@](C)(O)C[C@@H](C)/C(=N\OCOCCOC)[C@H](C)[C@@H](O)[C@]1(C)O. The molecule has 3 aliphatic heterocycles. The van der Waals surface area contributed by atoms with Crippen molar-refractivity contribution in [2.75, 3.05) is 41.3 Å². The van der Waals surface area contributed by atoms with Crippen LogP contribution in [0.5, 0.6) is 0 Å². The van der Waals surface area contributed by atoms with Crippen LogP contribution in [0.25, 0.3) is 0 Å². The van der Waals surface area contributed by atoms with Gasteiger partial charge in [0, 0.05) is 44.4 Å². The number of ether oxygens (including phenoxy) is 8. The Bertz CT molecular complexity index is 1270. The highest BCUT2D eigenvalue weighted by Crippen LogP contribution is 2.41. The Hall–Kier alpha value is -1.58. The molecule has 6 N–H and O–H groups in total. The fourth-order valence-corrected chi connectivity index (χ4v) is 8.73. The number of aliphatic hydroxyl groups is 5. The minimum absolute atomic E-state index is 0.0323. The first-order valence-corrected chi connectivity index (χ1v) is 20.4. The number of methoxy groups -OCH3 is 2. The number of cyclic esters (lactones) is 1. The van der Waals surface area contributed by atoms with Gasteiger partial charge in [-0.1, -0.05) is 32.9 Å². The van der Waals surface area contributed by atoms with Crippen molar-refractivity contribution in [3.63, 3.8) is 0 Å². The minimum Gasteiger partial charge on any atom is -0.459 e. The average Bonchev–Trinajstić information content (AvgIpc) is 3.15. The lowest BCUT2D eigenvalue weighted by molar-refractivity contribution is -0.315. The lowest BCUT2D eigenvalue weighted by Gasteiger charge is -2.49. The maximum absolute atomic E-state index is 14.3. The van der Waals surface area contributed by atoms with Gasteiger partial charge in [-0.15, -0.1) is 0 Å². The number of carbonyl (C=O) groups is 1. The Balaban J connectivity index is 2.21. The number of oxime groups is 1. The number of likely N-dealkylation sites (N-methyl/N-ethyl adjacent to an activating group) is 1. The Morgan fingerprint density at radius 1 is 0.912 bits per heavy atom. The second-order valence-electron chi connectivity index (χ2n) is 17.1. The molecule has 0 spiro atoms. The van der Waals surface area contributed by atoms with Gasteiger partial charge in [-0.25, -0.2) is 0 Å². The van der Waals surface area contributed by atoms with E-state index in [2.05, 4.69) is 10.5 Å². The molecule has 0 radical (unpaired) electrons. The molecule has 3 rings (SSSR count). The van der Waals surface area contributed by atoms with Crippen LogP contribution in [-0.4, -0.2) is 163 Å². The summed E-state index contributed by atoms with van der Waals surface area (Å²) in [5.41, 5.74) is -4.49. The van der Waals surface area contributed by atoms with Crippen LogP contribution in [0.2, 0.25) is 0 Å². The van der Waals surface area contributed by atoms with Crippen molar-refractivity contribution in [1.82, 2.24) is 5.32 Å². The van der Waals surface area contributed by atoms with Crippen molar-refractivity contribution in [2.24, 2.45) is 28.8 Å². The summed E-state index contributed by atoms with van der Waals surface area (Å²) in [5.74, 6) is -4.14. The molecule has 17 heteroatoms. The molecule has 3 unspecified atom stereocenters. The van der Waals surface area contributed by atoms with Crippen molar-refractivity contribution in [1.29, 1.82) is 0 Å². The summed E-state index contributed by atoms with van der Waals surface area (Å²) in [7, 11) is 4.77. The lowest BCUT2D eigenvalue weighted by atomic mass is 9.73. The summed E-state index contributed by atoms with van der Waals surface area (Å²) >= 11 is 0. The van der Waals surface area contributed by atoms with Crippen molar-refractivity contribution in [3.8, 4) is 0 Å². The van der Waals surface area contributed by atoms with E-state index in [1.807, 2.05) is 6.92 Å². The van der Waals surface area contributed by atoms with E-state index in [0.717, 1.165) is 0 Å². The van der Waals surface area contributed by atoms with Crippen LogP contribution in [0.1, 0.15) is 94.9 Å². The first kappa shape index (κ1) is 49.8. The van der Waals surface area contributed by atoms with Gasteiger partial charge < -0.3 is 73.6 Å². The van der Waals surface area contributed by atoms with Gasteiger partial charge in [-0.3, -0.25) is 4.79 Å². The van der Waals surface area contributed by atoms with Crippen molar-refractivity contribution >= 4 is 11.7 Å². The molecule has 0 aromatic rings. The van der Waals surface area contributed by atoms with Crippen LogP contribution < -0.4 is 5.32 Å². The van der Waals surface area contributed by atoms with Gasteiger partial charge in [0.15, 0.2) is 12.6 Å². The zero-order chi connectivity index (χ0) is 43.0. The van der Waals surface area contributed by atoms with Gasteiger partial charge in [0.25, 0.3) is 0 Å². The average molecular weight is 823 g/mol. The van der Waals surface area contributed by atoms with E-state index in [4.69, 9.17) is 42.7 Å². The van der Waals surface area contributed by atoms with Crippen LogP contribution >= 0.6 is 0 Å². The van der Waals surface area contributed by atoms with Gasteiger partial charge in [0.05, 0.1) is 66.6 Å². The maximum Gasteiger partial charge on any atom is 0.311 e. The monoisotopic (exact) mass is 823 g/mol. The van der Waals surface area contributed by atoms with Crippen molar-refractivity contribution < 1.29 is 73.1 Å². The molecule has 3 heterocycles. The summed E-state index contributed by atoms with van der Waals surface area (Å²) in [6, 6.07) is -0.379. The van der Waals surface area contributed by atoms with E-state index >= 15 is 0 Å². The number of nitrogens with one attached hydrogen (secondary N) is 1. The molecule has 0 amide bonds. The molecule has 0 saturated carbocycles. The van der Waals surface area contributed by atoms with Gasteiger partial charge >= 0.3 is 5.97 Å². The summed E-state index contributed by atoms with van der Waals surface area (Å²) in [5, 5.41) is 66.4. The molecular formula is C40H74N2O15. The van der Waals surface area contributed by atoms with E-state index < -0.39 is 102 Å². The van der Waals surface area contributed by atoms with E-state index in [0.29, 0.717) is 18.7 Å². The second-order valence-corrected chi connectivity index (χ2v) is 17.1. The molecule has 0 aliphatic carbocycles. The number of hydrogen-bond acceptors (Lipinski definition) is 17. The number of aliphatic hydroxyl groups excluding tert-OH is 3. The van der Waals surface area contributed by atoms with Crippen LogP contribution in [0, 0.1) is 23.7 Å². The largest absolute Gasteiger partial charge is 0.459 e. The molecule has 334 valence electrons. The Morgan fingerprint density at radius 3 is 2.18 bits per heavy atom. The minimum atomic E-state index is -1.97. The molecule has 18 atom stereocenters. The first-order chi connectivity index (χ1) is 26.6. The van der Waals surface area contributed by atoms with Gasteiger partial charge in [-0.2, -0.15) is 0 Å². The molecular weight excluding hydrogens is 748 g/mol. The Kier molecular flexibility index (Phi) is 18.6. The molecule has 0 aromatic heterocycles. The molecule has 0 bridgehead atoms. The van der Waals surface area contributed by atoms with E-state index in [1.54, 1.807) is 69.5 Å². The predicted molar refractivity (Wildman–Crippen MR) is 208 cm³/mol. The zero-order valence-corrected chi connectivity index (χ0v) is 36.4. The van der Waals surface area contributed by atoms with Crippen LogP contribution in [0.15, 0.2) is 5.16 Å². The van der Waals surface area contributed by atoms with Crippen LogP contribution in [0.4, 0.5) is 0 Å². The quantitative estimate of drug-likeness (QED) is 0.0675. The third kappa shape index (κ3) is 12.0. The molecule has 57 heavy (non-hydrogen) atoms. The van der Waals surface area contributed by atoms with E-state index in [-0.39, 0.29) is 44.8 Å². The van der Waals surface area contributed by atoms with E-state index in [9.17, 15) is 30.3 Å². The van der Waals surface area contributed by atoms with Gasteiger partial charge in [-0.05, 0) is 67.9 Å². The summed E-state index contributed by atoms with van der Waals surface area (Å²) < 4.78 is 47.9. The summed E-state index contributed by atoms with van der Waals surface area (Å²) in [6.07, 6.45) is -9.54. The van der Waals surface area contributed by atoms with Crippen LogP contribution in [-0.2, 0) is 47.5 Å². The summed E-state index contributed by atoms with van der Waals surface area (Å²) in [4.78, 5) is 19.8. The zero-order valence-electron chi connectivity index (χ0n) is 36.4. The molecule has 3 saturated heterocycles. The standard InChI is InChI=1S/C40H74N2O15/c1-14-28-40(10,48)33(44)23(4)30(42-52-20-51-16-15-49-12)21(2)18-38(8,47)35(57-37-31(43)27(41-11)17-22(3)53-37)24(5)32(25(6)36(46)55-28)56-29-19-39(9,50-13)34(45)26(7)54-29/h21-29,31-35,37,41,43-45,47-48H,14-20H2,1-13H3/b42-30+/t21-,22-,23+,24?,25-,26+,27+,28-,29?,31-,32+,33-,34+,35-,37?,38-,39-,40-/m1/s1. The fourth-order valence-electron chi connectivity index (χ4n) is 8.73. The number of carbonyl (C=O) groups excluding carboxylic acids is 1. The third-order valence-electron chi connectivity index (χ3n) is 12.3. The van der Waals surface area contributed by atoms with Gasteiger partial charge in [0.1, 0.15) is 23.9 Å². The smallest absolute Gasteiger partial charge is 0.311 e. The molecule has 17 nitrogen and oxygen atoms in total. The highest BCUT2D eigenvalue weighted by Gasteiger charge is 2.53. The molecule has 3 fully saturated rings. The van der Waals surface area contributed by atoms with Crippen molar-refractivity contribution in [2.45, 2.75) is 179 Å². The summed E-state index contributed by atoms with van der Waals surface area (Å²) in [6.45, 7) is 17.2. The molecule has 3 aliphatic rings. The predicted octanol–water partition coefficient (Wildman–Crippen LogP) is 1.87. The van der Waals surface area contributed by atoms with Crippen LogP contribution in [0.3, 0.4) is 0 Å². The Labute approximate surface area is 339 Å². The number of hydrogen-bond donors (Lipinski definition) is 6. The van der Waals surface area contributed by atoms with Crippen molar-refractivity contribution in [3.05, 3.63) is 0 Å². The second kappa shape index (κ2) is 21.3. The number of rotatable bonds is 13.